The van der Waals surface area contributed by atoms with Gasteiger partial charge in [-0.3, -0.25) is 9.59 Å². The fraction of sp³-hybridized carbons (Fsp3) is 0.185. The second-order valence-corrected chi connectivity index (χ2v) is 10.1. The van der Waals surface area contributed by atoms with Crippen molar-refractivity contribution < 1.29 is 14.0 Å². The number of thiophene rings is 1. The molecule has 35 heavy (non-hydrogen) atoms. The van der Waals surface area contributed by atoms with E-state index in [4.69, 9.17) is 4.42 Å². The van der Waals surface area contributed by atoms with Gasteiger partial charge in [0, 0.05) is 29.4 Å². The number of amides is 2. The molecule has 1 N–H and O–H groups in total. The maximum Gasteiger partial charge on any atom is 0.253 e. The van der Waals surface area contributed by atoms with Gasteiger partial charge < -0.3 is 14.2 Å². The largest absolute Gasteiger partial charge is 0.467 e. The van der Waals surface area contributed by atoms with Gasteiger partial charge in [-0.2, -0.15) is 0 Å². The standard InChI is InChI=1S/C27H27N3O3S2/c1-29(2)26(31)21-12-14-23(15-13-21)35-28-25(20-8-4-3-5-9-20)27(32)30(18-22-10-6-16-33-22)19-24-11-7-17-34-24/h3-17,25,28H,18-19H2,1-2H3/t25-/m0/s1. The van der Waals surface area contributed by atoms with Crippen LogP contribution in [0.5, 0.6) is 0 Å². The van der Waals surface area contributed by atoms with Crippen molar-refractivity contribution in [1.82, 2.24) is 14.5 Å². The van der Waals surface area contributed by atoms with E-state index in [2.05, 4.69) is 4.72 Å². The number of carbonyl (C=O) groups is 2. The van der Waals surface area contributed by atoms with Crippen molar-refractivity contribution in [2.45, 2.75) is 24.0 Å². The summed E-state index contributed by atoms with van der Waals surface area (Å²) in [6.07, 6.45) is 1.62. The maximum atomic E-state index is 13.9. The molecule has 0 bridgehead atoms. The van der Waals surface area contributed by atoms with E-state index in [0.717, 1.165) is 21.1 Å². The predicted octanol–water partition coefficient (Wildman–Crippen LogP) is 5.61. The highest BCUT2D eigenvalue weighted by Gasteiger charge is 2.27. The van der Waals surface area contributed by atoms with Crippen LogP contribution in [0.15, 0.2) is 99.8 Å². The molecule has 1 atom stereocenters. The lowest BCUT2D eigenvalue weighted by atomic mass is 10.1. The Morgan fingerprint density at radius 2 is 1.71 bits per heavy atom. The quantitative estimate of drug-likeness (QED) is 0.284. The molecule has 2 amide bonds. The van der Waals surface area contributed by atoms with Crippen LogP contribution in [0.25, 0.3) is 0 Å². The molecule has 4 aromatic rings. The molecular weight excluding hydrogens is 478 g/mol. The minimum atomic E-state index is -0.570. The average Bonchev–Trinajstić information content (AvgIpc) is 3.59. The Bertz CT molecular complexity index is 1170. The van der Waals surface area contributed by atoms with Crippen LogP contribution in [0.1, 0.15) is 32.6 Å². The lowest BCUT2D eigenvalue weighted by Crippen LogP contribution is -2.38. The Morgan fingerprint density at radius 3 is 2.34 bits per heavy atom. The third-order valence-electron chi connectivity index (χ3n) is 5.35. The van der Waals surface area contributed by atoms with Crippen molar-refractivity contribution in [1.29, 1.82) is 0 Å². The van der Waals surface area contributed by atoms with Crippen LogP contribution >= 0.6 is 23.3 Å². The minimum absolute atomic E-state index is 0.0472. The molecule has 0 spiro atoms. The number of furan rings is 1. The molecule has 4 rings (SSSR count). The lowest BCUT2D eigenvalue weighted by Gasteiger charge is -2.27. The normalized spacial score (nSPS) is 11.7. The zero-order valence-corrected chi connectivity index (χ0v) is 21.2. The molecule has 2 heterocycles. The van der Waals surface area contributed by atoms with Gasteiger partial charge in [-0.25, -0.2) is 4.72 Å². The fourth-order valence-electron chi connectivity index (χ4n) is 3.53. The molecule has 8 heteroatoms. The molecule has 0 fully saturated rings. The SMILES string of the molecule is CN(C)C(=O)c1ccc(SN[C@H](C(=O)N(Cc2ccco2)Cc2cccs2)c2ccccc2)cc1. The second-order valence-electron chi connectivity index (χ2n) is 8.14. The second kappa shape index (κ2) is 11.9. The summed E-state index contributed by atoms with van der Waals surface area (Å²) < 4.78 is 8.91. The van der Waals surface area contributed by atoms with Crippen LogP contribution in [0.3, 0.4) is 0 Å². The summed E-state index contributed by atoms with van der Waals surface area (Å²) in [6.45, 7) is 0.870. The van der Waals surface area contributed by atoms with E-state index in [9.17, 15) is 9.59 Å². The topological polar surface area (TPSA) is 65.8 Å². The summed E-state index contributed by atoms with van der Waals surface area (Å²) in [5.74, 6) is 0.636. The summed E-state index contributed by atoms with van der Waals surface area (Å²) in [7, 11) is 3.46. The van der Waals surface area contributed by atoms with Crippen molar-refractivity contribution in [3.05, 3.63) is 112 Å². The first-order valence-corrected chi connectivity index (χ1v) is 12.8. The molecule has 0 unspecified atom stereocenters. The third kappa shape index (κ3) is 6.63. The molecule has 0 radical (unpaired) electrons. The Kier molecular flexibility index (Phi) is 8.41. The van der Waals surface area contributed by atoms with Gasteiger partial charge >= 0.3 is 0 Å². The van der Waals surface area contributed by atoms with Crippen LogP contribution in [0, 0.1) is 0 Å². The Balaban J connectivity index is 1.55. The van der Waals surface area contributed by atoms with E-state index < -0.39 is 6.04 Å². The van der Waals surface area contributed by atoms with Gasteiger partial charge in [-0.1, -0.05) is 36.4 Å². The highest BCUT2D eigenvalue weighted by molar-refractivity contribution is 7.97. The van der Waals surface area contributed by atoms with E-state index in [1.54, 1.807) is 48.7 Å². The summed E-state index contributed by atoms with van der Waals surface area (Å²) in [5.41, 5.74) is 1.50. The van der Waals surface area contributed by atoms with E-state index in [-0.39, 0.29) is 11.8 Å². The predicted molar refractivity (Wildman–Crippen MR) is 140 cm³/mol. The molecule has 0 aliphatic rings. The Labute approximate surface area is 213 Å². The van der Waals surface area contributed by atoms with E-state index >= 15 is 0 Å². The average molecular weight is 506 g/mol. The Morgan fingerprint density at radius 1 is 0.943 bits per heavy atom. The minimum Gasteiger partial charge on any atom is -0.467 e. The van der Waals surface area contributed by atoms with Gasteiger partial charge in [0.2, 0.25) is 5.91 Å². The highest BCUT2D eigenvalue weighted by atomic mass is 32.2. The van der Waals surface area contributed by atoms with Crippen LogP contribution in [0.4, 0.5) is 0 Å². The summed E-state index contributed by atoms with van der Waals surface area (Å²) in [4.78, 5) is 31.4. The molecule has 2 aromatic carbocycles. The molecule has 6 nitrogen and oxygen atoms in total. The maximum absolute atomic E-state index is 13.9. The first-order valence-electron chi connectivity index (χ1n) is 11.1. The van der Waals surface area contributed by atoms with Crippen LogP contribution < -0.4 is 4.72 Å². The van der Waals surface area contributed by atoms with Gasteiger partial charge in [0.05, 0.1) is 19.4 Å². The number of nitrogens with one attached hydrogen (secondary N) is 1. The van der Waals surface area contributed by atoms with Crippen LogP contribution in [-0.2, 0) is 17.9 Å². The third-order valence-corrected chi connectivity index (χ3v) is 7.07. The molecular formula is C27H27N3O3S2. The first-order chi connectivity index (χ1) is 17.0. The molecule has 2 aromatic heterocycles. The van der Waals surface area contributed by atoms with Crippen molar-refractivity contribution in [2.75, 3.05) is 14.1 Å². The molecule has 0 saturated carbocycles. The van der Waals surface area contributed by atoms with Crippen LogP contribution in [-0.4, -0.2) is 35.7 Å². The van der Waals surface area contributed by atoms with E-state index in [1.165, 1.54) is 11.9 Å². The summed E-state index contributed by atoms with van der Waals surface area (Å²) >= 11 is 2.99. The number of rotatable bonds is 10. The lowest BCUT2D eigenvalue weighted by molar-refractivity contribution is -0.134. The number of hydrogen-bond donors (Lipinski definition) is 1. The summed E-state index contributed by atoms with van der Waals surface area (Å²) in [5, 5.41) is 2.01. The van der Waals surface area contributed by atoms with Crippen LogP contribution in [0.2, 0.25) is 0 Å². The number of carbonyl (C=O) groups excluding carboxylic acids is 2. The number of nitrogens with zero attached hydrogens (tertiary/aromatic N) is 2. The number of benzene rings is 2. The van der Waals surface area contributed by atoms with Crippen molar-refractivity contribution >= 4 is 35.1 Å². The fourth-order valence-corrected chi connectivity index (χ4v) is 5.02. The zero-order valence-electron chi connectivity index (χ0n) is 19.6. The molecule has 0 aliphatic heterocycles. The van der Waals surface area contributed by atoms with E-state index in [1.807, 2.05) is 77.0 Å². The van der Waals surface area contributed by atoms with Crippen molar-refractivity contribution in [2.24, 2.45) is 0 Å². The monoisotopic (exact) mass is 505 g/mol. The van der Waals surface area contributed by atoms with Gasteiger partial charge in [-0.15, -0.1) is 11.3 Å². The Hall–Kier alpha value is -3.33. The van der Waals surface area contributed by atoms with Gasteiger partial charge in [0.1, 0.15) is 11.8 Å². The van der Waals surface area contributed by atoms with Gasteiger partial charge in [0.25, 0.3) is 5.91 Å². The van der Waals surface area contributed by atoms with Crippen molar-refractivity contribution in [3.8, 4) is 0 Å². The van der Waals surface area contributed by atoms with Gasteiger partial charge in [-0.05, 0) is 65.4 Å². The molecule has 180 valence electrons. The van der Waals surface area contributed by atoms with E-state index in [0.29, 0.717) is 18.7 Å². The van der Waals surface area contributed by atoms with Gasteiger partial charge in [0.15, 0.2) is 0 Å². The zero-order chi connectivity index (χ0) is 24.6. The molecule has 0 saturated heterocycles. The first kappa shape index (κ1) is 24.8. The highest BCUT2D eigenvalue weighted by Crippen LogP contribution is 2.26. The smallest absolute Gasteiger partial charge is 0.253 e. The van der Waals surface area contributed by atoms with Crippen molar-refractivity contribution in [3.63, 3.8) is 0 Å². The molecule has 0 aliphatic carbocycles. The summed E-state index contributed by atoms with van der Waals surface area (Å²) in [6, 6.07) is 24.2. The number of hydrogen-bond acceptors (Lipinski definition) is 6.